The smallest absolute Gasteiger partial charge is 0.139 e. The molecule has 142 valence electrons. The van der Waals surface area contributed by atoms with Gasteiger partial charge in [-0.15, -0.1) is 11.3 Å². The number of aliphatic hydroxyl groups is 1. The van der Waals surface area contributed by atoms with E-state index in [0.29, 0.717) is 21.5 Å². The molecule has 0 amide bonds. The first-order chi connectivity index (χ1) is 13.4. The van der Waals surface area contributed by atoms with Crippen LogP contribution in [0.4, 0.5) is 5.69 Å². The molecule has 0 atom stereocenters. The molecule has 0 unspecified atom stereocenters. The predicted molar refractivity (Wildman–Crippen MR) is 118 cm³/mol. The van der Waals surface area contributed by atoms with Crippen LogP contribution in [-0.4, -0.2) is 22.5 Å². The monoisotopic (exact) mass is 409 g/mol. The molecule has 0 bridgehead atoms. The number of nitrogens with one attached hydrogen (secondary N) is 1. The topological polar surface area (TPSA) is 60.2 Å². The number of thiazole rings is 1. The summed E-state index contributed by atoms with van der Waals surface area (Å²) >= 11 is 7.50. The quantitative estimate of drug-likeness (QED) is 0.527. The summed E-state index contributed by atoms with van der Waals surface area (Å²) in [6.45, 7) is 4.58. The Kier molecular flexibility index (Phi) is 4.96. The summed E-state index contributed by atoms with van der Waals surface area (Å²) in [5, 5.41) is 22.4. The number of rotatable bonds is 4. The zero-order valence-corrected chi connectivity index (χ0v) is 17.2. The molecule has 3 aromatic rings. The van der Waals surface area contributed by atoms with Crippen LogP contribution in [0.25, 0.3) is 16.8 Å². The highest BCUT2D eigenvalue weighted by Crippen LogP contribution is 2.35. The van der Waals surface area contributed by atoms with E-state index in [1.165, 1.54) is 16.9 Å². The van der Waals surface area contributed by atoms with Gasteiger partial charge in [0.1, 0.15) is 16.6 Å². The van der Waals surface area contributed by atoms with Gasteiger partial charge in [-0.2, -0.15) is 0 Å². The van der Waals surface area contributed by atoms with Crippen molar-refractivity contribution in [2.24, 2.45) is 0 Å². The molecule has 4 rings (SSSR count). The first-order valence-electron chi connectivity index (χ1n) is 9.04. The van der Waals surface area contributed by atoms with Gasteiger partial charge >= 0.3 is 0 Å². The first-order valence-corrected chi connectivity index (χ1v) is 10.3. The molecule has 28 heavy (non-hydrogen) atoms. The Balaban J connectivity index is 1.61. The van der Waals surface area contributed by atoms with E-state index >= 15 is 0 Å². The molecule has 1 aliphatic rings. The van der Waals surface area contributed by atoms with Gasteiger partial charge in [-0.25, -0.2) is 4.98 Å². The third-order valence-corrected chi connectivity index (χ3v) is 5.91. The Morgan fingerprint density at radius 2 is 1.93 bits per heavy atom. The van der Waals surface area contributed by atoms with Crippen molar-refractivity contribution in [1.29, 1.82) is 5.41 Å². The lowest BCUT2D eigenvalue weighted by Gasteiger charge is -2.19. The molecule has 0 radical (unpaired) electrons. The summed E-state index contributed by atoms with van der Waals surface area (Å²) < 4.78 is 0. The SMILES string of the molecule is CC(C)c1ccc(N2CC(O)=C(c3nc(-c4cccc(Cl)c4)cs3)C2=N)cc1. The van der Waals surface area contributed by atoms with E-state index in [1.54, 1.807) is 4.90 Å². The van der Waals surface area contributed by atoms with Crippen LogP contribution < -0.4 is 4.90 Å². The second-order valence-electron chi connectivity index (χ2n) is 7.05. The van der Waals surface area contributed by atoms with Gasteiger partial charge in [-0.3, -0.25) is 5.41 Å². The minimum atomic E-state index is 0.171. The second-order valence-corrected chi connectivity index (χ2v) is 8.35. The molecule has 2 aromatic carbocycles. The second kappa shape index (κ2) is 7.41. The molecule has 2 N–H and O–H groups in total. The van der Waals surface area contributed by atoms with Gasteiger partial charge in [-0.1, -0.05) is 49.7 Å². The van der Waals surface area contributed by atoms with Gasteiger partial charge in [0, 0.05) is 21.7 Å². The molecule has 2 heterocycles. The van der Waals surface area contributed by atoms with Crippen molar-refractivity contribution in [3.8, 4) is 11.3 Å². The number of anilines is 1. The maximum atomic E-state index is 10.6. The largest absolute Gasteiger partial charge is 0.510 e. The molecule has 1 aliphatic heterocycles. The van der Waals surface area contributed by atoms with Crippen molar-refractivity contribution in [2.45, 2.75) is 19.8 Å². The third-order valence-electron chi connectivity index (χ3n) is 4.81. The minimum Gasteiger partial charge on any atom is -0.510 e. The molecular formula is C22H20ClN3OS. The van der Waals surface area contributed by atoms with E-state index < -0.39 is 0 Å². The Hall–Kier alpha value is -2.63. The lowest BCUT2D eigenvalue weighted by Crippen LogP contribution is -2.26. The Bertz CT molecular complexity index is 1070. The van der Waals surface area contributed by atoms with Crippen LogP contribution in [-0.2, 0) is 0 Å². The molecule has 0 fully saturated rings. The number of amidine groups is 1. The normalized spacial score (nSPS) is 14.4. The summed E-state index contributed by atoms with van der Waals surface area (Å²) in [4.78, 5) is 6.45. The number of hydrogen-bond acceptors (Lipinski definition) is 4. The fourth-order valence-corrected chi connectivity index (χ4v) is 4.32. The van der Waals surface area contributed by atoms with Crippen LogP contribution in [0.1, 0.15) is 30.3 Å². The molecular weight excluding hydrogens is 390 g/mol. The van der Waals surface area contributed by atoms with E-state index in [-0.39, 0.29) is 18.1 Å². The highest BCUT2D eigenvalue weighted by atomic mass is 35.5. The average Bonchev–Trinajstić information content (AvgIpc) is 3.26. The van der Waals surface area contributed by atoms with Crippen LogP contribution >= 0.6 is 22.9 Å². The van der Waals surface area contributed by atoms with Gasteiger partial charge < -0.3 is 10.0 Å². The highest BCUT2D eigenvalue weighted by Gasteiger charge is 2.31. The fraction of sp³-hybridized carbons (Fsp3) is 0.182. The number of aromatic nitrogens is 1. The van der Waals surface area contributed by atoms with Crippen molar-refractivity contribution >= 4 is 40.0 Å². The highest BCUT2D eigenvalue weighted by molar-refractivity contribution is 7.11. The summed E-state index contributed by atoms with van der Waals surface area (Å²) in [5.74, 6) is 0.890. The lowest BCUT2D eigenvalue weighted by atomic mass is 10.0. The van der Waals surface area contributed by atoms with E-state index in [1.807, 2.05) is 41.8 Å². The number of halogens is 1. The summed E-state index contributed by atoms with van der Waals surface area (Å²) in [5.41, 5.74) is 4.34. The molecule has 4 nitrogen and oxygen atoms in total. The Morgan fingerprint density at radius 1 is 1.18 bits per heavy atom. The van der Waals surface area contributed by atoms with Gasteiger partial charge in [-0.05, 0) is 35.7 Å². The first kappa shape index (κ1) is 18.7. The van der Waals surface area contributed by atoms with Crippen LogP contribution in [0.3, 0.4) is 0 Å². The van der Waals surface area contributed by atoms with E-state index in [2.05, 4.69) is 31.0 Å². The number of aliphatic hydroxyl groups excluding tert-OH is 1. The van der Waals surface area contributed by atoms with Crippen LogP contribution in [0, 0.1) is 5.41 Å². The van der Waals surface area contributed by atoms with E-state index in [9.17, 15) is 5.11 Å². The van der Waals surface area contributed by atoms with Gasteiger partial charge in [0.25, 0.3) is 0 Å². The zero-order chi connectivity index (χ0) is 19.8. The van der Waals surface area contributed by atoms with Crippen molar-refractivity contribution in [3.63, 3.8) is 0 Å². The molecule has 0 aliphatic carbocycles. The van der Waals surface area contributed by atoms with E-state index in [4.69, 9.17) is 17.0 Å². The van der Waals surface area contributed by atoms with Crippen LogP contribution in [0.5, 0.6) is 0 Å². The minimum absolute atomic E-state index is 0.171. The van der Waals surface area contributed by atoms with Crippen LogP contribution in [0.2, 0.25) is 5.02 Å². The molecule has 0 saturated heterocycles. The van der Waals surface area contributed by atoms with Crippen molar-refractivity contribution in [2.75, 3.05) is 11.4 Å². The predicted octanol–water partition coefficient (Wildman–Crippen LogP) is 6.35. The number of nitrogens with zero attached hydrogens (tertiary/aromatic N) is 2. The summed E-state index contributed by atoms with van der Waals surface area (Å²) in [6.07, 6.45) is 0. The third kappa shape index (κ3) is 3.43. The molecule has 0 spiro atoms. The number of hydrogen-bond donors (Lipinski definition) is 2. The summed E-state index contributed by atoms with van der Waals surface area (Å²) in [6, 6.07) is 15.7. The zero-order valence-electron chi connectivity index (χ0n) is 15.6. The molecule has 1 aromatic heterocycles. The van der Waals surface area contributed by atoms with Gasteiger partial charge in [0.05, 0.1) is 17.8 Å². The van der Waals surface area contributed by atoms with Crippen molar-refractivity contribution < 1.29 is 5.11 Å². The standard InChI is InChI=1S/C22H20ClN3OS/c1-13(2)14-6-8-17(9-7-14)26-11-19(27)20(21(26)24)22-25-18(12-28-22)15-4-3-5-16(23)10-15/h3-10,12-13,24,27H,11H2,1-2H3. The maximum absolute atomic E-state index is 10.6. The van der Waals surface area contributed by atoms with Gasteiger partial charge in [0.15, 0.2) is 0 Å². The lowest BCUT2D eigenvalue weighted by molar-refractivity contribution is 0.411. The van der Waals surface area contributed by atoms with Crippen molar-refractivity contribution in [1.82, 2.24) is 4.98 Å². The molecule has 6 heteroatoms. The Labute approximate surface area is 173 Å². The van der Waals surface area contributed by atoms with Gasteiger partial charge in [0.2, 0.25) is 0 Å². The average molecular weight is 410 g/mol. The fourth-order valence-electron chi connectivity index (χ4n) is 3.23. The number of benzene rings is 2. The molecule has 0 saturated carbocycles. The Morgan fingerprint density at radius 3 is 2.61 bits per heavy atom. The van der Waals surface area contributed by atoms with E-state index in [0.717, 1.165) is 16.9 Å². The van der Waals surface area contributed by atoms with Crippen LogP contribution in [0.15, 0.2) is 59.7 Å². The summed E-state index contributed by atoms with van der Waals surface area (Å²) in [7, 11) is 0. The maximum Gasteiger partial charge on any atom is 0.139 e. The van der Waals surface area contributed by atoms with Crippen molar-refractivity contribution in [3.05, 3.63) is 75.3 Å².